The third kappa shape index (κ3) is 4.59. The van der Waals surface area contributed by atoms with Crippen LogP contribution >= 0.6 is 11.6 Å². The number of hydrogen-bond acceptors (Lipinski definition) is 0. The summed E-state index contributed by atoms with van der Waals surface area (Å²) in [6.07, 6.45) is 7.92. The molecule has 0 atom stereocenters. The SMILES string of the molecule is C=C/C=C(\C=C/CCl)[SiH2]C. The minimum atomic E-state index is -0.0589. The topological polar surface area (TPSA) is 0 Å². The Kier molecular flexibility index (Phi) is 6.65. The lowest BCUT2D eigenvalue weighted by Crippen LogP contribution is -1.85. The molecule has 0 saturated carbocycles. The van der Waals surface area contributed by atoms with Gasteiger partial charge < -0.3 is 0 Å². The second-order valence-electron chi connectivity index (χ2n) is 1.89. The molecule has 0 bridgehead atoms. The summed E-state index contributed by atoms with van der Waals surface area (Å²) in [4.78, 5) is 0. The Morgan fingerprint density at radius 1 is 1.70 bits per heavy atom. The summed E-state index contributed by atoms with van der Waals surface area (Å²) >= 11 is 5.48. The predicted octanol–water partition coefficient (Wildman–Crippen LogP) is 2.07. The lowest BCUT2D eigenvalue weighted by Gasteiger charge is -1.91. The molecule has 0 aliphatic rings. The quantitative estimate of drug-likeness (QED) is 0.346. The van der Waals surface area contributed by atoms with Crippen molar-refractivity contribution in [1.29, 1.82) is 0 Å². The first-order valence-corrected chi connectivity index (χ1v) is 6.04. The van der Waals surface area contributed by atoms with Crippen molar-refractivity contribution < 1.29 is 0 Å². The van der Waals surface area contributed by atoms with Gasteiger partial charge in [0.2, 0.25) is 0 Å². The monoisotopic (exact) mass is 172 g/mol. The second kappa shape index (κ2) is 6.84. The fourth-order valence-corrected chi connectivity index (χ4v) is 1.53. The van der Waals surface area contributed by atoms with Crippen LogP contribution in [0.4, 0.5) is 0 Å². The first-order valence-electron chi connectivity index (χ1n) is 3.39. The largest absolute Gasteiger partial charge is 0.122 e. The number of hydrogen-bond donors (Lipinski definition) is 0. The van der Waals surface area contributed by atoms with Crippen LogP contribution in [0.5, 0.6) is 0 Å². The van der Waals surface area contributed by atoms with Gasteiger partial charge in [-0.25, -0.2) is 0 Å². The van der Waals surface area contributed by atoms with E-state index in [-0.39, 0.29) is 9.52 Å². The molecule has 0 aromatic rings. The van der Waals surface area contributed by atoms with E-state index in [9.17, 15) is 0 Å². The van der Waals surface area contributed by atoms with E-state index in [1.807, 2.05) is 12.2 Å². The maximum Gasteiger partial charge on any atom is 0.0516 e. The van der Waals surface area contributed by atoms with Crippen molar-refractivity contribution in [2.75, 3.05) is 5.88 Å². The number of halogens is 1. The van der Waals surface area contributed by atoms with Crippen LogP contribution < -0.4 is 0 Å². The van der Waals surface area contributed by atoms with Gasteiger partial charge in [0.25, 0.3) is 0 Å². The summed E-state index contributed by atoms with van der Waals surface area (Å²) < 4.78 is 0. The van der Waals surface area contributed by atoms with Gasteiger partial charge in [0, 0.05) is 5.88 Å². The van der Waals surface area contributed by atoms with Gasteiger partial charge in [-0.05, 0) is 0 Å². The molecule has 0 nitrogen and oxygen atoms in total. The van der Waals surface area contributed by atoms with Crippen molar-refractivity contribution in [3.8, 4) is 0 Å². The maximum atomic E-state index is 5.48. The molecule has 0 unspecified atom stereocenters. The van der Waals surface area contributed by atoms with Crippen LogP contribution in [0.25, 0.3) is 0 Å². The molecule has 0 spiro atoms. The van der Waals surface area contributed by atoms with Crippen LogP contribution in [-0.2, 0) is 0 Å². The molecule has 0 aromatic heterocycles. The molecule has 0 N–H and O–H groups in total. The van der Waals surface area contributed by atoms with Crippen molar-refractivity contribution in [2.24, 2.45) is 0 Å². The standard InChI is InChI=1S/C8H13ClSi/c1-3-5-8(10-2)6-4-7-9/h3-6H,1,7,10H2,2H3/b6-4-,8-5+. The Morgan fingerprint density at radius 2 is 2.40 bits per heavy atom. The summed E-state index contributed by atoms with van der Waals surface area (Å²) in [5.41, 5.74) is 0. The molecule has 10 heavy (non-hydrogen) atoms. The molecule has 0 aliphatic heterocycles. The van der Waals surface area contributed by atoms with Crippen LogP contribution in [-0.4, -0.2) is 15.4 Å². The normalized spacial score (nSPS) is 13.6. The van der Waals surface area contributed by atoms with Crippen molar-refractivity contribution in [3.63, 3.8) is 0 Å². The zero-order valence-corrected chi connectivity index (χ0v) is 8.48. The van der Waals surface area contributed by atoms with E-state index >= 15 is 0 Å². The number of allylic oxidation sites excluding steroid dienone is 5. The molecular formula is C8H13ClSi. The van der Waals surface area contributed by atoms with Gasteiger partial charge >= 0.3 is 0 Å². The van der Waals surface area contributed by atoms with Crippen LogP contribution in [0.15, 0.2) is 36.1 Å². The lowest BCUT2D eigenvalue weighted by atomic mass is 10.4. The van der Waals surface area contributed by atoms with E-state index < -0.39 is 0 Å². The average Bonchev–Trinajstić information content (AvgIpc) is 1.98. The minimum absolute atomic E-state index is 0.0589. The molecule has 0 aromatic carbocycles. The zero-order valence-electron chi connectivity index (χ0n) is 6.31. The van der Waals surface area contributed by atoms with Crippen LogP contribution in [0.3, 0.4) is 0 Å². The predicted molar refractivity (Wildman–Crippen MR) is 52.5 cm³/mol. The van der Waals surface area contributed by atoms with Crippen LogP contribution in [0.2, 0.25) is 6.55 Å². The van der Waals surface area contributed by atoms with E-state index in [1.165, 1.54) is 5.20 Å². The molecule has 2 heteroatoms. The van der Waals surface area contributed by atoms with Crippen molar-refractivity contribution in [2.45, 2.75) is 6.55 Å². The Morgan fingerprint density at radius 3 is 2.80 bits per heavy atom. The Bertz CT molecular complexity index is 147. The van der Waals surface area contributed by atoms with Gasteiger partial charge in [0.05, 0.1) is 9.52 Å². The molecule has 0 heterocycles. The zero-order chi connectivity index (χ0) is 7.82. The Balaban J connectivity index is 3.94. The molecule has 56 valence electrons. The van der Waals surface area contributed by atoms with Crippen molar-refractivity contribution in [1.82, 2.24) is 0 Å². The fourth-order valence-electron chi connectivity index (χ4n) is 0.639. The third-order valence-corrected chi connectivity index (χ3v) is 2.63. The van der Waals surface area contributed by atoms with Gasteiger partial charge in [-0.15, -0.1) is 11.6 Å². The maximum absolute atomic E-state index is 5.48. The summed E-state index contributed by atoms with van der Waals surface area (Å²) in [6.45, 7) is 5.88. The van der Waals surface area contributed by atoms with E-state index in [4.69, 9.17) is 11.6 Å². The van der Waals surface area contributed by atoms with Gasteiger partial charge in [0.1, 0.15) is 0 Å². The molecule has 0 aliphatic carbocycles. The summed E-state index contributed by atoms with van der Waals surface area (Å²) in [7, 11) is -0.0589. The molecule has 0 fully saturated rings. The van der Waals surface area contributed by atoms with E-state index in [2.05, 4.69) is 25.3 Å². The number of alkyl halides is 1. The molecule has 0 radical (unpaired) electrons. The molecule has 0 saturated heterocycles. The van der Waals surface area contributed by atoms with Crippen molar-refractivity contribution >= 4 is 21.1 Å². The minimum Gasteiger partial charge on any atom is -0.122 e. The van der Waals surface area contributed by atoms with Crippen molar-refractivity contribution in [3.05, 3.63) is 36.1 Å². The van der Waals surface area contributed by atoms with Gasteiger partial charge in [-0.3, -0.25) is 0 Å². The van der Waals surface area contributed by atoms with Gasteiger partial charge in [-0.2, -0.15) is 0 Å². The summed E-state index contributed by atoms with van der Waals surface area (Å²) in [6, 6.07) is 0. The highest BCUT2D eigenvalue weighted by Gasteiger charge is 1.83. The first kappa shape index (κ1) is 9.73. The van der Waals surface area contributed by atoms with Crippen LogP contribution in [0, 0.1) is 0 Å². The smallest absolute Gasteiger partial charge is 0.0516 e. The molecule has 0 rings (SSSR count). The third-order valence-electron chi connectivity index (χ3n) is 1.16. The average molecular weight is 173 g/mol. The second-order valence-corrected chi connectivity index (χ2v) is 3.72. The fraction of sp³-hybridized carbons (Fsp3) is 0.250. The summed E-state index contributed by atoms with van der Waals surface area (Å²) in [5.74, 6) is 0.600. The Labute approximate surface area is 70.1 Å². The lowest BCUT2D eigenvalue weighted by molar-refractivity contribution is 1.70. The highest BCUT2D eigenvalue weighted by Crippen LogP contribution is 1.95. The first-order chi connectivity index (χ1) is 4.85. The molecular weight excluding hydrogens is 160 g/mol. The van der Waals surface area contributed by atoms with Gasteiger partial charge in [0.15, 0.2) is 0 Å². The van der Waals surface area contributed by atoms with E-state index in [0.29, 0.717) is 5.88 Å². The number of rotatable bonds is 4. The highest BCUT2D eigenvalue weighted by atomic mass is 35.5. The Hall–Kier alpha value is -0.273. The summed E-state index contributed by atoms with van der Waals surface area (Å²) in [5, 5.41) is 1.40. The van der Waals surface area contributed by atoms with Gasteiger partial charge in [-0.1, -0.05) is 42.6 Å². The van der Waals surface area contributed by atoms with Crippen LogP contribution in [0.1, 0.15) is 0 Å². The van der Waals surface area contributed by atoms with E-state index in [1.54, 1.807) is 0 Å². The molecule has 0 amide bonds. The van der Waals surface area contributed by atoms with E-state index in [0.717, 1.165) is 0 Å². The highest BCUT2D eigenvalue weighted by molar-refractivity contribution is 6.44.